The van der Waals surface area contributed by atoms with Crippen LogP contribution in [0.5, 0.6) is 0 Å². The number of rotatable bonds is 3. The summed E-state index contributed by atoms with van der Waals surface area (Å²) in [6, 6.07) is 6.70. The highest BCUT2D eigenvalue weighted by Gasteiger charge is 2.41. The van der Waals surface area contributed by atoms with Gasteiger partial charge in [-0.05, 0) is 46.8 Å². The third kappa shape index (κ3) is 3.31. The third-order valence-electron chi connectivity index (χ3n) is 5.21. The van der Waals surface area contributed by atoms with Crippen molar-refractivity contribution in [3.63, 3.8) is 0 Å². The summed E-state index contributed by atoms with van der Waals surface area (Å²) in [4.78, 5) is 1.46. The summed E-state index contributed by atoms with van der Waals surface area (Å²) >= 11 is 2.00. The first kappa shape index (κ1) is 17.7. The van der Waals surface area contributed by atoms with Crippen molar-refractivity contribution in [2.24, 2.45) is 0 Å². The van der Waals surface area contributed by atoms with E-state index in [1.54, 1.807) is 0 Å². The fraction of sp³-hybridized carbons (Fsp3) is 0.600. The van der Waals surface area contributed by atoms with Gasteiger partial charge in [-0.1, -0.05) is 59.6 Å². The van der Waals surface area contributed by atoms with E-state index in [4.69, 9.17) is 0 Å². The predicted molar refractivity (Wildman–Crippen MR) is 103 cm³/mol. The minimum absolute atomic E-state index is 0.701. The van der Waals surface area contributed by atoms with Gasteiger partial charge in [0.05, 0.1) is 0 Å². The number of thioether (sulfide) groups is 1. The van der Waals surface area contributed by atoms with Crippen LogP contribution in [0.4, 0.5) is 0 Å². The second kappa shape index (κ2) is 7.28. The molecule has 0 bridgehead atoms. The highest BCUT2D eigenvalue weighted by atomic mass is 32.2. The van der Waals surface area contributed by atoms with Gasteiger partial charge < -0.3 is 0 Å². The Morgan fingerprint density at radius 2 is 1.64 bits per heavy atom. The number of aryl methyl sites for hydroxylation is 1. The first-order chi connectivity index (χ1) is 10.4. The van der Waals surface area contributed by atoms with Gasteiger partial charge in [0.1, 0.15) is 8.07 Å². The Morgan fingerprint density at radius 1 is 1.00 bits per heavy atom. The number of fused-ring (bicyclic) bond motifs is 1. The van der Waals surface area contributed by atoms with E-state index in [0.29, 0.717) is 16.6 Å². The molecule has 1 aromatic carbocycles. The maximum absolute atomic E-state index is 3.87. The van der Waals surface area contributed by atoms with Crippen molar-refractivity contribution in [3.05, 3.63) is 29.3 Å². The normalized spacial score (nSPS) is 15.0. The molecule has 1 aliphatic rings. The molecule has 0 atom stereocenters. The molecule has 0 aromatic heterocycles. The Balaban J connectivity index is 2.47. The zero-order valence-corrected chi connectivity index (χ0v) is 16.8. The Hall–Kier alpha value is -0.653. The molecular formula is C20H30SSi. The van der Waals surface area contributed by atoms with Crippen molar-refractivity contribution in [1.29, 1.82) is 0 Å². The monoisotopic (exact) mass is 330 g/mol. The van der Waals surface area contributed by atoms with Crippen LogP contribution >= 0.6 is 11.8 Å². The molecule has 0 radical (unpaired) electrons. The van der Waals surface area contributed by atoms with Crippen molar-refractivity contribution in [2.45, 2.75) is 75.9 Å². The molecule has 1 heterocycles. The van der Waals surface area contributed by atoms with Crippen molar-refractivity contribution in [2.75, 3.05) is 5.75 Å². The maximum atomic E-state index is 3.87. The van der Waals surface area contributed by atoms with Gasteiger partial charge in [0.25, 0.3) is 0 Å². The van der Waals surface area contributed by atoms with Crippen LogP contribution in [0.15, 0.2) is 23.1 Å². The van der Waals surface area contributed by atoms with E-state index in [9.17, 15) is 0 Å². The Kier molecular flexibility index (Phi) is 5.86. The lowest BCUT2D eigenvalue weighted by Gasteiger charge is -2.38. The quantitative estimate of drug-likeness (QED) is 0.463. The first-order valence-corrected chi connectivity index (χ1v) is 11.9. The predicted octanol–water partition coefficient (Wildman–Crippen LogP) is 6.29. The second-order valence-corrected chi connectivity index (χ2v) is 14.1. The highest BCUT2D eigenvalue weighted by molar-refractivity contribution is 7.99. The van der Waals surface area contributed by atoms with Gasteiger partial charge in [-0.25, -0.2) is 0 Å². The maximum Gasteiger partial charge on any atom is 0.146 e. The van der Waals surface area contributed by atoms with Gasteiger partial charge in [-0.3, -0.25) is 0 Å². The molecule has 0 saturated carbocycles. The Labute approximate surface area is 142 Å². The van der Waals surface area contributed by atoms with Gasteiger partial charge in [0.2, 0.25) is 0 Å². The molecule has 0 fully saturated rings. The molecule has 0 spiro atoms. The van der Waals surface area contributed by atoms with Crippen LogP contribution in [-0.2, 0) is 6.42 Å². The lowest BCUT2D eigenvalue weighted by Crippen LogP contribution is -2.43. The minimum atomic E-state index is -1.63. The largest absolute Gasteiger partial charge is 0.146 e. The van der Waals surface area contributed by atoms with Crippen molar-refractivity contribution in [1.82, 2.24) is 0 Å². The Morgan fingerprint density at radius 3 is 2.23 bits per heavy atom. The van der Waals surface area contributed by atoms with Crippen LogP contribution in [0, 0.1) is 11.5 Å². The SMILES string of the molecule is CC(C)[Si](C#Cc1cccc2c1SCCC2)(C(C)C)C(C)C. The average Bonchev–Trinajstić information content (AvgIpc) is 2.47. The lowest BCUT2D eigenvalue weighted by molar-refractivity contribution is 0.838. The van der Waals surface area contributed by atoms with Crippen LogP contribution in [0.1, 0.15) is 59.1 Å². The molecule has 22 heavy (non-hydrogen) atoms. The van der Waals surface area contributed by atoms with E-state index in [1.165, 1.54) is 34.6 Å². The Bertz CT molecular complexity index is 553. The van der Waals surface area contributed by atoms with E-state index in [-0.39, 0.29) is 0 Å². The number of benzene rings is 1. The molecule has 2 rings (SSSR count). The summed E-state index contributed by atoms with van der Waals surface area (Å²) in [5.41, 5.74) is 8.76. The van der Waals surface area contributed by atoms with Crippen molar-refractivity contribution < 1.29 is 0 Å². The fourth-order valence-electron chi connectivity index (χ4n) is 4.10. The van der Waals surface area contributed by atoms with E-state index in [1.807, 2.05) is 11.8 Å². The lowest BCUT2D eigenvalue weighted by atomic mass is 10.1. The highest BCUT2D eigenvalue weighted by Crippen LogP contribution is 2.41. The zero-order chi connectivity index (χ0) is 16.3. The van der Waals surface area contributed by atoms with Crippen LogP contribution in [0.3, 0.4) is 0 Å². The number of hydrogen-bond acceptors (Lipinski definition) is 1. The fourth-order valence-corrected chi connectivity index (χ4v) is 10.4. The van der Waals surface area contributed by atoms with E-state index >= 15 is 0 Å². The van der Waals surface area contributed by atoms with Gasteiger partial charge >= 0.3 is 0 Å². The molecule has 0 aliphatic carbocycles. The smallest absolute Gasteiger partial charge is 0.125 e. The molecular weight excluding hydrogens is 300 g/mol. The average molecular weight is 331 g/mol. The molecule has 0 N–H and O–H groups in total. The standard InChI is InChI=1S/C20H30SSi/c1-15(2)22(16(3)4,17(5)6)14-12-19-10-7-9-18-11-8-13-21-20(18)19/h7,9-10,15-17H,8,11,13H2,1-6H3. The van der Waals surface area contributed by atoms with E-state index < -0.39 is 8.07 Å². The minimum Gasteiger partial charge on any atom is -0.125 e. The summed E-state index contributed by atoms with van der Waals surface area (Å²) in [7, 11) is -1.63. The topological polar surface area (TPSA) is 0 Å². The van der Waals surface area contributed by atoms with Crippen LogP contribution in [0.2, 0.25) is 16.6 Å². The van der Waals surface area contributed by atoms with Crippen molar-refractivity contribution >= 4 is 19.8 Å². The van der Waals surface area contributed by atoms with Gasteiger partial charge in [0.15, 0.2) is 0 Å². The van der Waals surface area contributed by atoms with Crippen LogP contribution in [-0.4, -0.2) is 13.8 Å². The summed E-state index contributed by atoms with van der Waals surface area (Å²) in [6.45, 7) is 14.3. The molecule has 2 heteroatoms. The molecule has 0 amide bonds. The molecule has 0 unspecified atom stereocenters. The summed E-state index contributed by atoms with van der Waals surface area (Å²) in [6.07, 6.45) is 2.52. The van der Waals surface area contributed by atoms with Crippen LogP contribution < -0.4 is 0 Å². The molecule has 1 aromatic rings. The third-order valence-corrected chi connectivity index (χ3v) is 12.8. The summed E-state index contributed by atoms with van der Waals surface area (Å²) in [5.74, 6) is 4.89. The molecule has 1 aliphatic heterocycles. The number of hydrogen-bond donors (Lipinski definition) is 0. The van der Waals surface area contributed by atoms with E-state index in [2.05, 4.69) is 71.2 Å². The van der Waals surface area contributed by atoms with Crippen molar-refractivity contribution in [3.8, 4) is 11.5 Å². The molecule has 0 saturated heterocycles. The zero-order valence-electron chi connectivity index (χ0n) is 15.0. The summed E-state index contributed by atoms with van der Waals surface area (Å²) in [5, 5.41) is 0. The van der Waals surface area contributed by atoms with Gasteiger partial charge in [0, 0.05) is 10.5 Å². The molecule has 120 valence electrons. The van der Waals surface area contributed by atoms with Gasteiger partial charge in [-0.15, -0.1) is 17.3 Å². The van der Waals surface area contributed by atoms with Crippen LogP contribution in [0.25, 0.3) is 0 Å². The second-order valence-electron chi connectivity index (χ2n) is 7.39. The molecule has 0 nitrogen and oxygen atoms in total. The summed E-state index contributed by atoms with van der Waals surface area (Å²) < 4.78 is 0. The van der Waals surface area contributed by atoms with Gasteiger partial charge in [-0.2, -0.15) is 0 Å². The first-order valence-electron chi connectivity index (χ1n) is 8.67. The van der Waals surface area contributed by atoms with E-state index in [0.717, 1.165) is 0 Å².